The number of nitrogens with zero attached hydrogens (tertiary/aromatic N) is 2. The Morgan fingerprint density at radius 2 is 1.66 bits per heavy atom. The van der Waals surface area contributed by atoms with Crippen LogP contribution in [0.5, 0.6) is 5.75 Å². The van der Waals surface area contributed by atoms with E-state index in [0.717, 1.165) is 27.2 Å². The van der Waals surface area contributed by atoms with Gasteiger partial charge in [-0.05, 0) is 41.1 Å². The van der Waals surface area contributed by atoms with E-state index < -0.39 is 37.8 Å². The van der Waals surface area contributed by atoms with Crippen LogP contribution in [0, 0.1) is 0 Å². The van der Waals surface area contributed by atoms with Crippen molar-refractivity contribution in [1.82, 2.24) is 9.21 Å². The maximum atomic E-state index is 13.1. The minimum Gasteiger partial charge on any atom is -0.491 e. The minimum atomic E-state index is -4.76. The molecule has 0 radical (unpaired) electrons. The van der Waals surface area contributed by atoms with E-state index in [4.69, 9.17) is 16.3 Å². The molecule has 1 N–H and O–H groups in total. The van der Waals surface area contributed by atoms with Crippen molar-refractivity contribution in [3.63, 3.8) is 0 Å². The van der Waals surface area contributed by atoms with Gasteiger partial charge in [0, 0.05) is 32.7 Å². The number of β-amino-alcohol motifs (C(OH)–C–C–N with tert-alkyl or cyclic N) is 1. The predicted molar refractivity (Wildman–Crippen MR) is 127 cm³/mol. The van der Waals surface area contributed by atoms with Crippen molar-refractivity contribution in [2.45, 2.75) is 17.2 Å². The van der Waals surface area contributed by atoms with Gasteiger partial charge >= 0.3 is 6.18 Å². The van der Waals surface area contributed by atoms with Gasteiger partial charge in [0.25, 0.3) is 0 Å². The molecule has 1 fully saturated rings. The van der Waals surface area contributed by atoms with Crippen LogP contribution in [0.4, 0.5) is 13.2 Å². The number of fused-ring (bicyclic) bond motifs is 1. The van der Waals surface area contributed by atoms with E-state index in [2.05, 4.69) is 0 Å². The topological polar surface area (TPSA) is 70.1 Å². The number of hydrogen-bond acceptors (Lipinski definition) is 5. The number of benzene rings is 3. The largest absolute Gasteiger partial charge is 0.491 e. The number of rotatable bonds is 7. The zero-order chi connectivity index (χ0) is 25.2. The van der Waals surface area contributed by atoms with E-state index in [1.807, 2.05) is 47.4 Å². The second-order valence-electron chi connectivity index (χ2n) is 8.32. The van der Waals surface area contributed by atoms with Gasteiger partial charge in [-0.1, -0.05) is 41.9 Å². The summed E-state index contributed by atoms with van der Waals surface area (Å²) in [5.41, 5.74) is -1.19. The van der Waals surface area contributed by atoms with Gasteiger partial charge in [-0.3, -0.25) is 4.90 Å². The first-order valence-corrected chi connectivity index (χ1v) is 12.7. The lowest BCUT2D eigenvalue weighted by Gasteiger charge is -2.35. The van der Waals surface area contributed by atoms with Crippen molar-refractivity contribution < 1.29 is 31.4 Å². The van der Waals surface area contributed by atoms with E-state index in [1.54, 1.807) is 0 Å². The van der Waals surface area contributed by atoms with Crippen molar-refractivity contribution in [3.8, 4) is 5.75 Å². The van der Waals surface area contributed by atoms with Crippen molar-refractivity contribution in [1.29, 1.82) is 0 Å². The first kappa shape index (κ1) is 25.7. The molecule has 0 amide bonds. The van der Waals surface area contributed by atoms with E-state index in [0.29, 0.717) is 24.9 Å². The van der Waals surface area contributed by atoms with Crippen LogP contribution in [0.1, 0.15) is 5.56 Å². The highest BCUT2D eigenvalue weighted by molar-refractivity contribution is 7.89. The maximum Gasteiger partial charge on any atom is 0.417 e. The number of aliphatic hydroxyl groups is 1. The summed E-state index contributed by atoms with van der Waals surface area (Å²) in [6.45, 7) is 1.18. The molecule has 1 saturated heterocycles. The number of aliphatic hydroxyl groups excluding tert-OH is 1. The molecule has 0 aliphatic carbocycles. The lowest BCUT2D eigenvalue weighted by atomic mass is 10.1. The van der Waals surface area contributed by atoms with Crippen molar-refractivity contribution in [3.05, 3.63) is 71.2 Å². The summed E-state index contributed by atoms with van der Waals surface area (Å²) in [6, 6.07) is 16.1. The molecular weight excluding hydrogens is 505 g/mol. The second kappa shape index (κ2) is 10.3. The lowest BCUT2D eigenvalue weighted by Crippen LogP contribution is -2.50. The van der Waals surface area contributed by atoms with Crippen LogP contribution in [-0.2, 0) is 16.2 Å². The molecule has 3 aromatic carbocycles. The smallest absolute Gasteiger partial charge is 0.417 e. The maximum absolute atomic E-state index is 13.1. The second-order valence-corrected chi connectivity index (χ2v) is 10.7. The molecule has 1 aliphatic rings. The van der Waals surface area contributed by atoms with Crippen molar-refractivity contribution >= 4 is 32.4 Å². The van der Waals surface area contributed by atoms with E-state index in [1.165, 1.54) is 0 Å². The Morgan fingerprint density at radius 1 is 0.971 bits per heavy atom. The Hall–Kier alpha value is -2.37. The lowest BCUT2D eigenvalue weighted by molar-refractivity contribution is -0.137. The minimum absolute atomic E-state index is 0.0713. The highest BCUT2D eigenvalue weighted by Crippen LogP contribution is 2.36. The monoisotopic (exact) mass is 528 g/mol. The number of sulfonamides is 1. The molecule has 0 bridgehead atoms. The highest BCUT2D eigenvalue weighted by Gasteiger charge is 2.36. The Bertz CT molecular complexity index is 1300. The predicted octanol–water partition coefficient (Wildman–Crippen LogP) is 4.26. The van der Waals surface area contributed by atoms with Crippen LogP contribution < -0.4 is 4.74 Å². The molecule has 3 aromatic rings. The summed E-state index contributed by atoms with van der Waals surface area (Å²) in [7, 11) is -4.12. The molecular formula is C24H24ClF3N2O4S. The molecule has 1 unspecified atom stereocenters. The van der Waals surface area contributed by atoms with Crippen LogP contribution in [0.2, 0.25) is 5.02 Å². The highest BCUT2D eigenvalue weighted by atomic mass is 35.5. The molecule has 4 rings (SSSR count). The summed E-state index contributed by atoms with van der Waals surface area (Å²) in [5, 5.41) is 12.0. The van der Waals surface area contributed by atoms with Gasteiger partial charge in [0.15, 0.2) is 0 Å². The van der Waals surface area contributed by atoms with Crippen LogP contribution in [0.25, 0.3) is 10.8 Å². The van der Waals surface area contributed by atoms with Gasteiger partial charge in [-0.2, -0.15) is 17.5 Å². The average Bonchev–Trinajstić information content (AvgIpc) is 2.82. The Balaban J connectivity index is 1.31. The van der Waals surface area contributed by atoms with Crippen molar-refractivity contribution in [2.24, 2.45) is 0 Å². The number of halogens is 4. The fourth-order valence-electron chi connectivity index (χ4n) is 3.98. The summed E-state index contributed by atoms with van der Waals surface area (Å²) in [6.07, 6.45) is -5.55. The van der Waals surface area contributed by atoms with Crippen LogP contribution >= 0.6 is 11.6 Å². The number of ether oxygens (including phenoxy) is 1. The van der Waals surface area contributed by atoms with Crippen molar-refractivity contribution in [2.75, 3.05) is 39.3 Å². The molecule has 6 nitrogen and oxygen atoms in total. The fourth-order valence-corrected chi connectivity index (χ4v) is 5.66. The van der Waals surface area contributed by atoms with E-state index in [-0.39, 0.29) is 26.2 Å². The number of piperazine rings is 1. The molecule has 1 heterocycles. The third-order valence-corrected chi connectivity index (χ3v) is 8.07. The molecule has 0 spiro atoms. The average molecular weight is 529 g/mol. The van der Waals surface area contributed by atoms with Gasteiger partial charge in [0.05, 0.1) is 15.5 Å². The molecule has 0 saturated carbocycles. The Kier molecular flexibility index (Phi) is 7.58. The standard InChI is InChI=1S/C24H24ClF3N2O4S/c25-23-8-7-21(14-22(23)24(26,27)28)35(32,33)30-11-9-29(10-12-30)15-19(31)16-34-20-6-5-17-3-1-2-4-18(17)13-20/h1-8,13-14,19,31H,9-12,15-16H2. The summed E-state index contributed by atoms with van der Waals surface area (Å²) >= 11 is 5.61. The molecule has 0 aromatic heterocycles. The molecule has 1 atom stereocenters. The normalized spacial score (nSPS) is 16.9. The fraction of sp³-hybridized carbons (Fsp3) is 0.333. The SMILES string of the molecule is O=S(=O)(c1ccc(Cl)c(C(F)(F)F)c1)N1CCN(CC(O)COc2ccc3ccccc3c2)CC1. The summed E-state index contributed by atoms with van der Waals surface area (Å²) in [5.74, 6) is 0.639. The van der Waals surface area contributed by atoms with Crippen LogP contribution in [0.15, 0.2) is 65.6 Å². The third kappa shape index (κ3) is 6.07. The van der Waals surface area contributed by atoms with Crippen LogP contribution in [-0.4, -0.2) is 68.2 Å². The van der Waals surface area contributed by atoms with Gasteiger partial charge in [0.2, 0.25) is 10.0 Å². The first-order chi connectivity index (χ1) is 16.5. The third-order valence-electron chi connectivity index (χ3n) is 5.84. The molecule has 35 heavy (non-hydrogen) atoms. The zero-order valence-corrected chi connectivity index (χ0v) is 20.2. The molecule has 11 heteroatoms. The Labute approximate surface area is 206 Å². The first-order valence-electron chi connectivity index (χ1n) is 10.9. The van der Waals surface area contributed by atoms with Gasteiger partial charge in [-0.15, -0.1) is 0 Å². The number of alkyl halides is 3. The van der Waals surface area contributed by atoms with Gasteiger partial charge < -0.3 is 9.84 Å². The number of hydrogen-bond donors (Lipinski definition) is 1. The summed E-state index contributed by atoms with van der Waals surface area (Å²) in [4.78, 5) is 1.44. The zero-order valence-electron chi connectivity index (χ0n) is 18.6. The van der Waals surface area contributed by atoms with E-state index >= 15 is 0 Å². The molecule has 1 aliphatic heterocycles. The van der Waals surface area contributed by atoms with E-state index in [9.17, 15) is 26.7 Å². The quantitative estimate of drug-likeness (QED) is 0.496. The van der Waals surface area contributed by atoms with Crippen LogP contribution in [0.3, 0.4) is 0 Å². The summed E-state index contributed by atoms with van der Waals surface area (Å²) < 4.78 is 72.0. The Morgan fingerprint density at radius 3 is 2.34 bits per heavy atom. The molecule has 188 valence electrons. The van der Waals surface area contributed by atoms with Gasteiger partial charge in [0.1, 0.15) is 18.5 Å². The van der Waals surface area contributed by atoms with Gasteiger partial charge in [-0.25, -0.2) is 8.42 Å².